The van der Waals surface area contributed by atoms with Gasteiger partial charge in [-0.25, -0.2) is 4.98 Å². The van der Waals surface area contributed by atoms with E-state index in [1.54, 1.807) is 29.0 Å². The number of carboxylic acids is 1. The second-order valence-electron chi connectivity index (χ2n) is 5.19. The summed E-state index contributed by atoms with van der Waals surface area (Å²) in [5.41, 5.74) is 2.05. The lowest BCUT2D eigenvalue weighted by Gasteiger charge is -2.16. The fourth-order valence-corrected chi connectivity index (χ4v) is 2.73. The Bertz CT molecular complexity index is 708. The van der Waals surface area contributed by atoms with E-state index in [0.717, 1.165) is 11.3 Å². The third kappa shape index (κ3) is 2.40. The molecule has 0 saturated carbocycles. The number of aromatic nitrogens is 2. The maximum absolute atomic E-state index is 12.6. The summed E-state index contributed by atoms with van der Waals surface area (Å²) in [6.07, 6.45) is 3.25. The molecule has 1 amide bonds. The molecule has 2 aromatic rings. The summed E-state index contributed by atoms with van der Waals surface area (Å²) in [5, 5.41) is 9.03. The predicted octanol–water partition coefficient (Wildman–Crippen LogP) is 1.64. The van der Waals surface area contributed by atoms with Crippen LogP contribution in [0.3, 0.4) is 0 Å². The molecule has 0 fully saturated rings. The lowest BCUT2D eigenvalue weighted by atomic mass is 9.98. The fraction of sp³-hybridized carbons (Fsp3) is 0.267. The molecule has 6 heteroatoms. The Balaban J connectivity index is 1.94. The van der Waals surface area contributed by atoms with Gasteiger partial charge in [0.05, 0.1) is 12.7 Å². The van der Waals surface area contributed by atoms with Gasteiger partial charge in [-0.3, -0.25) is 9.59 Å². The van der Waals surface area contributed by atoms with Crippen molar-refractivity contribution >= 4 is 17.6 Å². The number of rotatable bonds is 3. The van der Waals surface area contributed by atoms with Crippen LogP contribution in [0.4, 0.5) is 5.69 Å². The Kier molecular flexibility index (Phi) is 3.21. The number of para-hydroxylation sites is 1. The van der Waals surface area contributed by atoms with Crippen molar-refractivity contribution in [3.8, 4) is 0 Å². The van der Waals surface area contributed by atoms with Crippen molar-refractivity contribution in [3.63, 3.8) is 0 Å². The van der Waals surface area contributed by atoms with E-state index in [2.05, 4.69) is 4.98 Å². The molecule has 3 rings (SSSR count). The van der Waals surface area contributed by atoms with Gasteiger partial charge >= 0.3 is 5.97 Å². The topological polar surface area (TPSA) is 75.4 Å². The molecular weight excluding hydrogens is 270 g/mol. The van der Waals surface area contributed by atoms with Gasteiger partial charge in [0.2, 0.25) is 0 Å². The van der Waals surface area contributed by atoms with Crippen molar-refractivity contribution in [3.05, 3.63) is 48.0 Å². The van der Waals surface area contributed by atoms with Crippen molar-refractivity contribution < 1.29 is 14.7 Å². The summed E-state index contributed by atoms with van der Waals surface area (Å²) in [6, 6.07) is 7.44. The molecule has 6 nitrogen and oxygen atoms in total. The van der Waals surface area contributed by atoms with Crippen LogP contribution in [-0.4, -0.2) is 33.1 Å². The number of aryl methyl sites for hydroxylation is 1. The molecule has 1 atom stereocenters. The predicted molar refractivity (Wildman–Crippen MR) is 76.3 cm³/mol. The molecule has 0 saturated heterocycles. The van der Waals surface area contributed by atoms with E-state index in [1.165, 1.54) is 0 Å². The number of carboxylic acid groups (broad SMARTS) is 1. The Labute approximate surface area is 121 Å². The maximum Gasteiger partial charge on any atom is 0.304 e. The van der Waals surface area contributed by atoms with Gasteiger partial charge in [-0.05, 0) is 11.6 Å². The Morgan fingerprint density at radius 2 is 2.14 bits per heavy atom. The zero-order chi connectivity index (χ0) is 15.0. The highest BCUT2D eigenvalue weighted by Gasteiger charge is 2.34. The maximum atomic E-state index is 12.6. The number of hydrogen-bond acceptors (Lipinski definition) is 3. The molecule has 0 aliphatic carbocycles. The smallest absolute Gasteiger partial charge is 0.304 e. The van der Waals surface area contributed by atoms with E-state index < -0.39 is 5.97 Å². The first-order chi connectivity index (χ1) is 10.1. The van der Waals surface area contributed by atoms with Gasteiger partial charge in [-0.1, -0.05) is 18.2 Å². The van der Waals surface area contributed by atoms with Crippen LogP contribution in [0, 0.1) is 0 Å². The molecule has 1 aliphatic heterocycles. The van der Waals surface area contributed by atoms with E-state index in [-0.39, 0.29) is 18.2 Å². The Hall–Kier alpha value is -2.63. The van der Waals surface area contributed by atoms with Gasteiger partial charge in [-0.2, -0.15) is 0 Å². The molecule has 1 N–H and O–H groups in total. The van der Waals surface area contributed by atoms with Crippen molar-refractivity contribution in [2.75, 3.05) is 11.4 Å². The highest BCUT2D eigenvalue weighted by molar-refractivity contribution is 6.06. The van der Waals surface area contributed by atoms with Gasteiger partial charge in [0, 0.05) is 31.4 Å². The lowest BCUT2D eigenvalue weighted by molar-refractivity contribution is -0.137. The molecule has 1 unspecified atom stereocenters. The zero-order valence-electron chi connectivity index (χ0n) is 11.6. The van der Waals surface area contributed by atoms with Crippen LogP contribution in [0.1, 0.15) is 28.4 Å². The van der Waals surface area contributed by atoms with Crippen molar-refractivity contribution in [2.24, 2.45) is 7.05 Å². The summed E-state index contributed by atoms with van der Waals surface area (Å²) in [6.45, 7) is 0.376. The first-order valence-corrected chi connectivity index (χ1v) is 6.67. The number of nitrogens with zero attached hydrogens (tertiary/aromatic N) is 3. The molecule has 0 radical (unpaired) electrons. The van der Waals surface area contributed by atoms with Crippen molar-refractivity contribution in [1.29, 1.82) is 0 Å². The van der Waals surface area contributed by atoms with Crippen LogP contribution < -0.4 is 4.90 Å². The first-order valence-electron chi connectivity index (χ1n) is 6.67. The van der Waals surface area contributed by atoms with Crippen LogP contribution in [0.5, 0.6) is 0 Å². The number of hydrogen-bond donors (Lipinski definition) is 1. The van der Waals surface area contributed by atoms with Gasteiger partial charge in [0.15, 0.2) is 0 Å². The van der Waals surface area contributed by atoms with Gasteiger partial charge < -0.3 is 14.6 Å². The van der Waals surface area contributed by atoms with Crippen LogP contribution in [0.15, 0.2) is 36.8 Å². The average molecular weight is 285 g/mol. The highest BCUT2D eigenvalue weighted by atomic mass is 16.4. The number of carbonyl (C=O) groups excluding carboxylic acids is 1. The number of imidazole rings is 1. The van der Waals surface area contributed by atoms with Gasteiger partial charge in [0.1, 0.15) is 5.69 Å². The van der Waals surface area contributed by atoms with Crippen molar-refractivity contribution in [1.82, 2.24) is 9.55 Å². The van der Waals surface area contributed by atoms with E-state index in [1.807, 2.05) is 24.3 Å². The van der Waals surface area contributed by atoms with Crippen LogP contribution >= 0.6 is 0 Å². The standard InChI is InChI=1S/C15H15N3O3/c1-17-8-12(16-9-17)15(21)18-7-10(6-14(19)20)11-4-2-3-5-13(11)18/h2-5,8-10H,6-7H2,1H3,(H,19,20). The summed E-state index contributed by atoms with van der Waals surface area (Å²) in [5.74, 6) is -1.23. The van der Waals surface area contributed by atoms with Crippen LogP contribution in [0.25, 0.3) is 0 Å². The number of amides is 1. The first kappa shape index (κ1) is 13.4. The Morgan fingerprint density at radius 1 is 1.38 bits per heavy atom. The molecule has 1 aromatic carbocycles. The number of aliphatic carboxylic acids is 1. The molecule has 0 bridgehead atoms. The minimum Gasteiger partial charge on any atom is -0.481 e. The monoisotopic (exact) mass is 285 g/mol. The minimum absolute atomic E-state index is 0.0169. The largest absolute Gasteiger partial charge is 0.481 e. The molecule has 1 aliphatic rings. The normalized spacial score (nSPS) is 16.8. The molecule has 2 heterocycles. The van der Waals surface area contributed by atoms with Crippen LogP contribution in [0.2, 0.25) is 0 Å². The third-order valence-electron chi connectivity index (χ3n) is 3.66. The molecule has 21 heavy (non-hydrogen) atoms. The van der Waals surface area contributed by atoms with E-state index >= 15 is 0 Å². The summed E-state index contributed by atoms with van der Waals surface area (Å²) in [7, 11) is 1.80. The quantitative estimate of drug-likeness (QED) is 0.930. The number of benzene rings is 1. The summed E-state index contributed by atoms with van der Waals surface area (Å²) >= 11 is 0. The van der Waals surface area contributed by atoms with Crippen molar-refractivity contribution in [2.45, 2.75) is 12.3 Å². The molecule has 0 spiro atoms. The average Bonchev–Trinajstić information content (AvgIpc) is 3.03. The van der Waals surface area contributed by atoms with E-state index in [4.69, 9.17) is 5.11 Å². The van der Waals surface area contributed by atoms with E-state index in [9.17, 15) is 9.59 Å². The zero-order valence-corrected chi connectivity index (χ0v) is 11.6. The molecule has 108 valence electrons. The molecule has 1 aromatic heterocycles. The number of anilines is 1. The molecular formula is C15H15N3O3. The second kappa shape index (κ2) is 5.05. The summed E-state index contributed by atoms with van der Waals surface area (Å²) < 4.78 is 1.71. The van der Waals surface area contributed by atoms with Gasteiger partial charge in [-0.15, -0.1) is 0 Å². The van der Waals surface area contributed by atoms with Gasteiger partial charge in [0.25, 0.3) is 5.91 Å². The number of fused-ring (bicyclic) bond motifs is 1. The minimum atomic E-state index is -0.859. The SMILES string of the molecule is Cn1cnc(C(=O)N2CC(CC(=O)O)c3ccccc32)c1. The second-order valence-corrected chi connectivity index (χ2v) is 5.19. The number of carbonyl (C=O) groups is 2. The Morgan fingerprint density at radius 3 is 2.81 bits per heavy atom. The lowest BCUT2D eigenvalue weighted by Crippen LogP contribution is -2.30. The fourth-order valence-electron chi connectivity index (χ4n) is 2.73. The third-order valence-corrected chi connectivity index (χ3v) is 3.66. The van der Waals surface area contributed by atoms with Crippen LogP contribution in [-0.2, 0) is 11.8 Å². The highest BCUT2D eigenvalue weighted by Crippen LogP contribution is 2.38. The summed E-state index contributed by atoms with van der Waals surface area (Å²) in [4.78, 5) is 29.2. The van der Waals surface area contributed by atoms with E-state index in [0.29, 0.717) is 12.2 Å².